The van der Waals surface area contributed by atoms with Crippen molar-refractivity contribution < 1.29 is 19.4 Å². The number of methoxy groups -OCH3 is 1. The van der Waals surface area contributed by atoms with E-state index in [0.29, 0.717) is 14.9 Å². The molecule has 8 heteroatoms. The van der Waals surface area contributed by atoms with Crippen molar-refractivity contribution in [1.82, 2.24) is 4.90 Å². The highest BCUT2D eigenvalue weighted by molar-refractivity contribution is 14.1. The Kier molecular flexibility index (Phi) is 5.93. The van der Waals surface area contributed by atoms with Gasteiger partial charge in [-0.2, -0.15) is 0 Å². The summed E-state index contributed by atoms with van der Waals surface area (Å²) in [6, 6.07) is 10.9. The minimum atomic E-state index is -0.332. The van der Waals surface area contributed by atoms with Gasteiger partial charge in [0.1, 0.15) is 0 Å². The summed E-state index contributed by atoms with van der Waals surface area (Å²) >= 11 is 6.35. The quantitative estimate of drug-likeness (QED) is 0.432. The van der Waals surface area contributed by atoms with Gasteiger partial charge in [-0.25, -0.2) is 0 Å². The molecule has 2 amide bonds. The fourth-order valence-electron chi connectivity index (χ4n) is 2.39. The maximum Gasteiger partial charge on any atom is 0.293 e. The molecule has 0 spiro atoms. The molecule has 0 atom stereocenters. The molecule has 1 saturated heterocycles. The summed E-state index contributed by atoms with van der Waals surface area (Å²) < 4.78 is 6.65. The number of halogens is 2. The molecule has 0 bridgehead atoms. The Morgan fingerprint density at radius 2 is 1.96 bits per heavy atom. The van der Waals surface area contributed by atoms with Crippen LogP contribution in [0.3, 0.4) is 0 Å². The number of rotatable bonds is 4. The zero-order chi connectivity index (χ0) is 18.8. The van der Waals surface area contributed by atoms with Crippen LogP contribution in [0, 0.1) is 3.57 Å². The summed E-state index contributed by atoms with van der Waals surface area (Å²) in [5.74, 6) is -0.0677. The molecule has 26 heavy (non-hydrogen) atoms. The van der Waals surface area contributed by atoms with E-state index in [1.165, 1.54) is 12.0 Å². The minimum Gasteiger partial charge on any atom is -0.503 e. The van der Waals surface area contributed by atoms with E-state index in [4.69, 9.17) is 4.74 Å². The molecule has 0 saturated carbocycles. The lowest BCUT2D eigenvalue weighted by molar-refractivity contribution is -0.123. The first-order valence-electron chi connectivity index (χ1n) is 7.45. The molecular formula is C18H13BrINO4S. The standard InChI is InChI=1S/C18H13BrINO4S/c1-25-14-7-11(6-13(19)16(14)22)8-15-17(23)21(18(24)26-15)9-10-2-4-12(20)5-3-10/h2-8,22H,9H2,1H3/b15-8-. The van der Waals surface area contributed by atoms with E-state index in [9.17, 15) is 14.7 Å². The van der Waals surface area contributed by atoms with E-state index in [1.54, 1.807) is 18.2 Å². The molecule has 1 heterocycles. The van der Waals surface area contributed by atoms with Gasteiger partial charge < -0.3 is 9.84 Å². The van der Waals surface area contributed by atoms with Crippen molar-refractivity contribution in [1.29, 1.82) is 0 Å². The number of ether oxygens (including phenoxy) is 1. The van der Waals surface area contributed by atoms with Gasteiger partial charge in [-0.05, 0) is 91.8 Å². The van der Waals surface area contributed by atoms with E-state index in [0.717, 1.165) is 20.9 Å². The number of hydrogen-bond acceptors (Lipinski definition) is 5. The largest absolute Gasteiger partial charge is 0.503 e. The number of hydrogen-bond donors (Lipinski definition) is 1. The molecule has 0 unspecified atom stereocenters. The number of phenolic OH excluding ortho intramolecular Hbond substituents is 1. The lowest BCUT2D eigenvalue weighted by Gasteiger charge is -2.12. The van der Waals surface area contributed by atoms with Crippen LogP contribution in [0.15, 0.2) is 45.8 Å². The van der Waals surface area contributed by atoms with Crippen molar-refractivity contribution in [3.05, 3.63) is 60.5 Å². The maximum absolute atomic E-state index is 12.6. The summed E-state index contributed by atoms with van der Waals surface area (Å²) in [5, 5.41) is 9.57. The Bertz CT molecular complexity index is 914. The monoisotopic (exact) mass is 545 g/mol. The van der Waals surface area contributed by atoms with Crippen LogP contribution in [0.4, 0.5) is 4.79 Å². The molecule has 0 radical (unpaired) electrons. The lowest BCUT2D eigenvalue weighted by atomic mass is 10.1. The van der Waals surface area contributed by atoms with Crippen LogP contribution in [0.2, 0.25) is 0 Å². The second kappa shape index (κ2) is 8.01. The van der Waals surface area contributed by atoms with Crippen LogP contribution in [0.25, 0.3) is 6.08 Å². The Morgan fingerprint density at radius 1 is 1.27 bits per heavy atom. The van der Waals surface area contributed by atoms with Gasteiger partial charge in [-0.1, -0.05) is 12.1 Å². The van der Waals surface area contributed by atoms with E-state index in [1.807, 2.05) is 24.3 Å². The highest BCUT2D eigenvalue weighted by atomic mass is 127. The molecule has 5 nitrogen and oxygen atoms in total. The predicted octanol–water partition coefficient (Wildman–Crippen LogP) is 5.00. The average Bonchev–Trinajstić information content (AvgIpc) is 2.87. The molecule has 0 aliphatic carbocycles. The van der Waals surface area contributed by atoms with Gasteiger partial charge in [0.25, 0.3) is 11.1 Å². The molecule has 2 aromatic carbocycles. The van der Waals surface area contributed by atoms with Crippen LogP contribution in [-0.2, 0) is 11.3 Å². The summed E-state index contributed by atoms with van der Waals surface area (Å²) in [5.41, 5.74) is 1.54. The Morgan fingerprint density at radius 3 is 2.62 bits per heavy atom. The van der Waals surface area contributed by atoms with E-state index in [2.05, 4.69) is 38.5 Å². The number of nitrogens with zero attached hydrogens (tertiary/aromatic N) is 1. The van der Waals surface area contributed by atoms with Crippen molar-refractivity contribution in [3.63, 3.8) is 0 Å². The van der Waals surface area contributed by atoms with Gasteiger partial charge >= 0.3 is 0 Å². The van der Waals surface area contributed by atoms with E-state index in [-0.39, 0.29) is 29.2 Å². The van der Waals surface area contributed by atoms with Crippen LogP contribution in [0.5, 0.6) is 11.5 Å². The van der Waals surface area contributed by atoms with E-state index < -0.39 is 0 Å². The number of carbonyl (C=O) groups excluding carboxylic acids is 2. The van der Waals surface area contributed by atoms with Crippen LogP contribution >= 0.6 is 50.3 Å². The zero-order valence-electron chi connectivity index (χ0n) is 13.5. The van der Waals surface area contributed by atoms with Gasteiger partial charge in [0.15, 0.2) is 11.5 Å². The van der Waals surface area contributed by atoms with Crippen molar-refractivity contribution in [2.75, 3.05) is 7.11 Å². The third-order valence-electron chi connectivity index (χ3n) is 3.70. The first kappa shape index (κ1) is 19.2. The molecule has 1 fully saturated rings. The van der Waals surface area contributed by atoms with Crippen LogP contribution in [0.1, 0.15) is 11.1 Å². The lowest BCUT2D eigenvalue weighted by Crippen LogP contribution is -2.27. The van der Waals surface area contributed by atoms with Crippen molar-refractivity contribution in [2.45, 2.75) is 6.54 Å². The van der Waals surface area contributed by atoms with Crippen molar-refractivity contribution in [3.8, 4) is 11.5 Å². The molecule has 134 valence electrons. The summed E-state index contributed by atoms with van der Waals surface area (Å²) in [6.45, 7) is 0.238. The third kappa shape index (κ3) is 4.07. The topological polar surface area (TPSA) is 66.8 Å². The smallest absolute Gasteiger partial charge is 0.293 e. The fraction of sp³-hybridized carbons (Fsp3) is 0.111. The highest BCUT2D eigenvalue weighted by Crippen LogP contribution is 2.38. The van der Waals surface area contributed by atoms with Gasteiger partial charge in [-0.3, -0.25) is 14.5 Å². The van der Waals surface area contributed by atoms with Gasteiger partial charge in [0, 0.05) is 3.57 Å². The SMILES string of the molecule is COc1cc(/C=C2\SC(=O)N(Cc3ccc(I)cc3)C2=O)cc(Br)c1O. The summed E-state index contributed by atoms with van der Waals surface area (Å²) in [7, 11) is 1.44. The molecule has 3 rings (SSSR count). The minimum absolute atomic E-state index is 0.0172. The molecule has 0 aromatic heterocycles. The molecular weight excluding hydrogens is 533 g/mol. The summed E-state index contributed by atoms with van der Waals surface area (Å²) in [4.78, 5) is 26.4. The molecule has 1 aliphatic heterocycles. The third-order valence-corrected chi connectivity index (χ3v) is 5.93. The molecule has 1 N–H and O–H groups in total. The number of carbonyl (C=O) groups is 2. The molecule has 2 aromatic rings. The second-order valence-electron chi connectivity index (χ2n) is 5.45. The number of imide groups is 1. The number of amides is 2. The Balaban J connectivity index is 1.85. The summed E-state index contributed by atoms with van der Waals surface area (Å²) in [6.07, 6.45) is 1.62. The van der Waals surface area contributed by atoms with Gasteiger partial charge in [0.05, 0.1) is 23.0 Å². The fourth-order valence-corrected chi connectivity index (χ4v) is 4.05. The average molecular weight is 546 g/mol. The number of phenols is 1. The van der Waals surface area contributed by atoms with Crippen LogP contribution in [-0.4, -0.2) is 28.3 Å². The predicted molar refractivity (Wildman–Crippen MR) is 113 cm³/mol. The second-order valence-corrected chi connectivity index (χ2v) is 8.54. The first-order chi connectivity index (χ1) is 12.4. The normalized spacial score (nSPS) is 15.8. The van der Waals surface area contributed by atoms with E-state index >= 15 is 0 Å². The van der Waals surface area contributed by atoms with Crippen LogP contribution < -0.4 is 4.74 Å². The maximum atomic E-state index is 12.6. The molecule has 1 aliphatic rings. The van der Waals surface area contributed by atoms with Gasteiger partial charge in [-0.15, -0.1) is 0 Å². The highest BCUT2D eigenvalue weighted by Gasteiger charge is 2.35. The van der Waals surface area contributed by atoms with Crippen molar-refractivity contribution in [2.24, 2.45) is 0 Å². The Hall–Kier alpha value is -1.52. The zero-order valence-corrected chi connectivity index (χ0v) is 18.1. The first-order valence-corrected chi connectivity index (χ1v) is 10.1. The number of thioether (sulfide) groups is 1. The number of aromatic hydroxyl groups is 1. The van der Waals surface area contributed by atoms with Crippen molar-refractivity contribution >= 4 is 67.5 Å². The van der Waals surface area contributed by atoms with Gasteiger partial charge in [0.2, 0.25) is 0 Å². The Labute approximate surface area is 176 Å². The number of benzene rings is 2.